The number of aromatic nitrogens is 3. The van der Waals surface area contributed by atoms with Crippen LogP contribution in [0.5, 0.6) is 0 Å². The zero-order chi connectivity index (χ0) is 23.1. The molecule has 0 fully saturated rings. The summed E-state index contributed by atoms with van der Waals surface area (Å²) in [4.78, 5) is 4.77. The Morgan fingerprint density at radius 3 is 2.06 bits per heavy atom. The van der Waals surface area contributed by atoms with Crippen molar-refractivity contribution in [1.82, 2.24) is 9.38 Å². The maximum absolute atomic E-state index is 10.7. The van der Waals surface area contributed by atoms with Gasteiger partial charge in [-0.05, 0) is 42.7 Å². The Kier molecular flexibility index (Phi) is 5.50. The first-order valence-electron chi connectivity index (χ1n) is 9.97. The number of para-hydroxylation sites is 2. The predicted molar refractivity (Wildman–Crippen MR) is 113 cm³/mol. The Labute approximate surface area is 175 Å². The molecule has 1 aromatic carbocycles. The molecule has 3 nitrogen and oxygen atoms in total. The fraction of sp³-hybridized carbons (Fsp3) is 0.333. The summed E-state index contributed by atoms with van der Waals surface area (Å²) in [6.07, 6.45) is 6.43. The van der Waals surface area contributed by atoms with Gasteiger partial charge in [-0.15, -0.1) is 0 Å². The Bertz CT molecular complexity index is 1250. The molecule has 0 amide bonds. The average molecular weight is 463 g/mol. The van der Waals surface area contributed by atoms with Crippen LogP contribution in [-0.2, 0) is 19.9 Å². The third kappa shape index (κ3) is 5.45. The number of hydrogen-bond donors (Lipinski definition) is 0. The van der Waals surface area contributed by atoms with E-state index >= 15 is 0 Å². The van der Waals surface area contributed by atoms with E-state index in [4.69, 9.17) is 4.98 Å². The number of pyridine rings is 2. The Morgan fingerprint density at radius 2 is 1.45 bits per heavy atom. The third-order valence-corrected chi connectivity index (χ3v) is 4.97. The van der Waals surface area contributed by atoms with E-state index < -0.39 is 7.81 Å². The first-order valence-corrected chi connectivity index (χ1v) is 12.0. The van der Waals surface area contributed by atoms with Crippen molar-refractivity contribution in [2.75, 3.05) is 0 Å². The van der Waals surface area contributed by atoms with Crippen molar-refractivity contribution in [3.8, 4) is 0 Å². The Balaban J connectivity index is 0.000000339. The van der Waals surface area contributed by atoms with E-state index in [0.29, 0.717) is 0 Å². The molecule has 31 heavy (non-hydrogen) atoms. The summed E-state index contributed by atoms with van der Waals surface area (Å²) < 4.78 is 63.9. The molecule has 0 saturated heterocycles. The van der Waals surface area contributed by atoms with E-state index in [0.717, 1.165) is 31.3 Å². The second kappa shape index (κ2) is 7.33. The van der Waals surface area contributed by atoms with Crippen LogP contribution in [0.4, 0.5) is 25.2 Å². The first-order chi connectivity index (χ1) is 14.2. The fourth-order valence-corrected chi connectivity index (χ4v) is 4.02. The molecule has 170 valence electrons. The van der Waals surface area contributed by atoms with Crippen LogP contribution in [-0.4, -0.2) is 9.38 Å². The number of fused-ring (bicyclic) bond motifs is 5. The molecule has 0 aliphatic carbocycles. The summed E-state index contributed by atoms with van der Waals surface area (Å²) in [5.41, 5.74) is 7.83. The number of halogens is 6. The zero-order valence-electron chi connectivity index (χ0n) is 17.4. The van der Waals surface area contributed by atoms with E-state index in [1.54, 1.807) is 0 Å². The molecule has 0 aliphatic heterocycles. The van der Waals surface area contributed by atoms with E-state index in [1.807, 2.05) is 6.20 Å². The van der Waals surface area contributed by atoms with Gasteiger partial charge in [-0.1, -0.05) is 38.8 Å². The number of benzene rings is 1. The Hall–Kier alpha value is -2.41. The van der Waals surface area contributed by atoms with E-state index in [1.165, 1.54) is 33.2 Å². The summed E-state index contributed by atoms with van der Waals surface area (Å²) in [6.45, 7) is 4.53. The molecule has 4 aromatic rings. The SMILES string of the molecule is CCCc1c(CCC)c2n(c3ccccc3[n+]2C)c2ncccc12.F[P-](F)(F)(F)(F)F. The molecule has 0 saturated carbocycles. The van der Waals surface area contributed by atoms with Crippen molar-refractivity contribution in [3.05, 3.63) is 53.7 Å². The molecule has 0 radical (unpaired) electrons. The van der Waals surface area contributed by atoms with Crippen molar-refractivity contribution < 1.29 is 29.7 Å². The van der Waals surface area contributed by atoms with Crippen molar-refractivity contribution in [3.63, 3.8) is 0 Å². The molecule has 0 N–H and O–H groups in total. The molecule has 10 heteroatoms. The van der Waals surface area contributed by atoms with Crippen LogP contribution in [0.15, 0.2) is 42.6 Å². The minimum atomic E-state index is -10.7. The minimum absolute atomic E-state index is 1.08. The van der Waals surface area contributed by atoms with Crippen LogP contribution in [0.3, 0.4) is 0 Å². The second-order valence-electron chi connectivity index (χ2n) is 7.50. The maximum atomic E-state index is 9.87. The number of aryl methyl sites for hydroxylation is 3. The topological polar surface area (TPSA) is 21.2 Å². The summed E-state index contributed by atoms with van der Waals surface area (Å²) >= 11 is 0. The quantitative estimate of drug-likeness (QED) is 0.172. The van der Waals surface area contributed by atoms with Crippen LogP contribution in [0.2, 0.25) is 0 Å². The van der Waals surface area contributed by atoms with Gasteiger partial charge in [-0.2, -0.15) is 4.40 Å². The summed E-state index contributed by atoms with van der Waals surface area (Å²) in [5.74, 6) is 0. The van der Waals surface area contributed by atoms with E-state index in [9.17, 15) is 25.2 Å². The number of hydrogen-bond acceptors (Lipinski definition) is 1. The van der Waals surface area contributed by atoms with Gasteiger partial charge in [0.25, 0.3) is 5.65 Å². The van der Waals surface area contributed by atoms with Crippen molar-refractivity contribution in [2.24, 2.45) is 7.05 Å². The van der Waals surface area contributed by atoms with Crippen molar-refractivity contribution in [2.45, 2.75) is 39.5 Å². The Morgan fingerprint density at radius 1 is 0.871 bits per heavy atom. The first kappa shape index (κ1) is 23.3. The summed E-state index contributed by atoms with van der Waals surface area (Å²) in [7, 11) is -8.48. The second-order valence-corrected chi connectivity index (χ2v) is 9.41. The molecule has 3 heterocycles. The van der Waals surface area contributed by atoms with Gasteiger partial charge in [0, 0.05) is 17.1 Å². The monoisotopic (exact) mass is 463 g/mol. The normalized spacial score (nSPS) is 14.4. The van der Waals surface area contributed by atoms with Gasteiger partial charge in [0.15, 0.2) is 11.0 Å². The van der Waals surface area contributed by atoms with Gasteiger partial charge >= 0.3 is 33.0 Å². The van der Waals surface area contributed by atoms with Crippen molar-refractivity contribution >= 4 is 35.5 Å². The third-order valence-electron chi connectivity index (χ3n) is 4.97. The number of nitrogens with zero attached hydrogens (tertiary/aromatic N) is 3. The molecule has 4 rings (SSSR count). The van der Waals surface area contributed by atoms with E-state index in [-0.39, 0.29) is 0 Å². The van der Waals surface area contributed by atoms with Gasteiger partial charge in [0.05, 0.1) is 7.05 Å². The predicted octanol–water partition coefficient (Wildman–Crippen LogP) is 7.75. The average Bonchev–Trinajstić information content (AvgIpc) is 2.95. The molecule has 3 aromatic heterocycles. The van der Waals surface area contributed by atoms with Crippen LogP contribution in [0.1, 0.15) is 37.8 Å². The van der Waals surface area contributed by atoms with Crippen molar-refractivity contribution in [1.29, 1.82) is 0 Å². The molecule has 0 bridgehead atoms. The van der Waals surface area contributed by atoms with Gasteiger partial charge in [0.1, 0.15) is 0 Å². The van der Waals surface area contributed by atoms with Gasteiger partial charge in [-0.3, -0.25) is 0 Å². The standard InChI is InChI=1S/C21H24N3.F6P/c1-4-9-15-16-11-8-14-22-20(16)24-19-13-7-6-12-18(19)23(3)21(24)17(15)10-5-2;1-7(2,3,4,5)6/h6-8,11-14H,4-5,9-10H2,1-3H3;/q+1;-1. The molecule has 0 spiro atoms. The van der Waals surface area contributed by atoms with Crippen LogP contribution >= 0.6 is 7.81 Å². The van der Waals surface area contributed by atoms with Crippen LogP contribution < -0.4 is 4.57 Å². The molecular formula is C21H24F6N3P. The number of imidazole rings is 1. The molecular weight excluding hydrogens is 439 g/mol. The van der Waals surface area contributed by atoms with Crippen LogP contribution in [0, 0.1) is 0 Å². The van der Waals surface area contributed by atoms with Gasteiger partial charge < -0.3 is 0 Å². The van der Waals surface area contributed by atoms with Gasteiger partial charge in [0.2, 0.25) is 5.65 Å². The summed E-state index contributed by atoms with van der Waals surface area (Å²) in [5, 5.41) is 1.30. The number of rotatable bonds is 4. The van der Waals surface area contributed by atoms with Crippen LogP contribution in [0.25, 0.3) is 27.7 Å². The molecule has 0 aliphatic rings. The van der Waals surface area contributed by atoms with Gasteiger partial charge in [-0.25, -0.2) is 9.55 Å². The summed E-state index contributed by atoms with van der Waals surface area (Å²) in [6, 6.07) is 12.9. The zero-order valence-corrected chi connectivity index (χ0v) is 18.3. The molecule has 0 atom stereocenters. The molecule has 0 unspecified atom stereocenters. The fourth-order valence-electron chi connectivity index (χ4n) is 4.02. The van der Waals surface area contributed by atoms with E-state index in [2.05, 4.69) is 66.3 Å².